The van der Waals surface area contributed by atoms with Crippen molar-refractivity contribution in [1.29, 1.82) is 0 Å². The van der Waals surface area contributed by atoms with Gasteiger partial charge in [-0.25, -0.2) is 0 Å². The van der Waals surface area contributed by atoms with E-state index in [1.54, 1.807) is 35.2 Å². The van der Waals surface area contributed by atoms with Crippen LogP contribution in [0.1, 0.15) is 10.4 Å². The highest BCUT2D eigenvalue weighted by atomic mass is 35.5. The zero-order chi connectivity index (χ0) is 15.0. The lowest BCUT2D eigenvalue weighted by molar-refractivity contribution is -0.121. The average Bonchev–Trinajstić information content (AvgIpc) is 2.39. The molecule has 1 rings (SSSR count). The van der Waals surface area contributed by atoms with Crippen molar-refractivity contribution in [2.45, 2.75) is 0 Å². The van der Waals surface area contributed by atoms with Crippen LogP contribution in [0.25, 0.3) is 0 Å². The number of amides is 2. The van der Waals surface area contributed by atoms with E-state index in [1.807, 2.05) is 0 Å². The first-order chi connectivity index (χ1) is 9.56. The Morgan fingerprint density at radius 3 is 2.55 bits per heavy atom. The van der Waals surface area contributed by atoms with Gasteiger partial charge in [0, 0.05) is 23.7 Å². The number of imide groups is 1. The summed E-state index contributed by atoms with van der Waals surface area (Å²) in [6.45, 7) is 4.33. The lowest BCUT2D eigenvalue weighted by Gasteiger charge is -2.18. The lowest BCUT2D eigenvalue weighted by Crippen LogP contribution is -2.41. The van der Waals surface area contributed by atoms with Crippen LogP contribution in [0.15, 0.2) is 36.9 Å². The molecule has 20 heavy (non-hydrogen) atoms. The number of benzene rings is 1. The molecule has 0 atom stereocenters. The third-order valence-electron chi connectivity index (χ3n) is 2.53. The molecule has 0 radical (unpaired) electrons. The SMILES string of the molecule is C=CCN(CCO)CC(=O)NC(=O)c1ccc(Cl)cc1. The van der Waals surface area contributed by atoms with E-state index in [0.717, 1.165) is 0 Å². The van der Waals surface area contributed by atoms with Crippen LogP contribution < -0.4 is 5.32 Å². The van der Waals surface area contributed by atoms with Crippen LogP contribution in [0.3, 0.4) is 0 Å². The number of halogens is 1. The molecule has 0 heterocycles. The molecule has 0 aliphatic rings. The number of nitrogens with zero attached hydrogens (tertiary/aromatic N) is 1. The van der Waals surface area contributed by atoms with Crippen molar-refractivity contribution in [3.8, 4) is 0 Å². The van der Waals surface area contributed by atoms with Crippen LogP contribution in [0.2, 0.25) is 5.02 Å². The molecule has 0 saturated carbocycles. The van der Waals surface area contributed by atoms with Gasteiger partial charge in [0.05, 0.1) is 13.2 Å². The monoisotopic (exact) mass is 296 g/mol. The van der Waals surface area contributed by atoms with Gasteiger partial charge in [-0.3, -0.25) is 19.8 Å². The van der Waals surface area contributed by atoms with E-state index in [0.29, 0.717) is 23.7 Å². The maximum absolute atomic E-state index is 11.8. The number of hydrogen-bond acceptors (Lipinski definition) is 4. The molecule has 108 valence electrons. The van der Waals surface area contributed by atoms with Crippen LogP contribution in [-0.2, 0) is 4.79 Å². The first-order valence-corrected chi connectivity index (χ1v) is 6.48. The fourth-order valence-electron chi connectivity index (χ4n) is 1.60. The van der Waals surface area contributed by atoms with Gasteiger partial charge in [-0.2, -0.15) is 0 Å². The normalized spacial score (nSPS) is 10.3. The Morgan fingerprint density at radius 2 is 2.00 bits per heavy atom. The average molecular weight is 297 g/mol. The van der Waals surface area contributed by atoms with Gasteiger partial charge in [-0.05, 0) is 24.3 Å². The predicted octanol–water partition coefficient (Wildman–Crippen LogP) is 1.08. The van der Waals surface area contributed by atoms with Gasteiger partial charge in [0.25, 0.3) is 5.91 Å². The molecule has 0 saturated heterocycles. The highest BCUT2D eigenvalue weighted by Crippen LogP contribution is 2.09. The molecule has 6 heteroatoms. The zero-order valence-corrected chi connectivity index (χ0v) is 11.8. The Morgan fingerprint density at radius 1 is 1.35 bits per heavy atom. The summed E-state index contributed by atoms with van der Waals surface area (Å²) in [5, 5.41) is 11.7. The van der Waals surface area contributed by atoms with Crippen molar-refractivity contribution in [2.24, 2.45) is 0 Å². The van der Waals surface area contributed by atoms with E-state index in [-0.39, 0.29) is 13.2 Å². The minimum Gasteiger partial charge on any atom is -0.395 e. The summed E-state index contributed by atoms with van der Waals surface area (Å²) in [4.78, 5) is 25.2. The van der Waals surface area contributed by atoms with Crippen LogP contribution >= 0.6 is 11.6 Å². The van der Waals surface area contributed by atoms with Crippen molar-refractivity contribution in [1.82, 2.24) is 10.2 Å². The standard InChI is InChI=1S/C14H17ClN2O3/c1-2-7-17(8-9-18)10-13(19)16-14(20)11-3-5-12(15)6-4-11/h2-6,18H,1,7-10H2,(H,16,19,20). The van der Waals surface area contributed by atoms with Gasteiger partial charge in [0.15, 0.2) is 0 Å². The second kappa shape index (κ2) is 8.47. The number of hydrogen-bond donors (Lipinski definition) is 2. The highest BCUT2D eigenvalue weighted by molar-refractivity contribution is 6.30. The van der Waals surface area contributed by atoms with E-state index in [4.69, 9.17) is 16.7 Å². The summed E-state index contributed by atoms with van der Waals surface area (Å²) in [5.74, 6) is -0.908. The number of nitrogens with one attached hydrogen (secondary N) is 1. The van der Waals surface area contributed by atoms with Crippen molar-refractivity contribution in [3.63, 3.8) is 0 Å². The molecule has 2 amide bonds. The second-order valence-corrected chi connectivity index (χ2v) is 4.57. The smallest absolute Gasteiger partial charge is 0.257 e. The zero-order valence-electron chi connectivity index (χ0n) is 11.0. The third-order valence-corrected chi connectivity index (χ3v) is 2.78. The fraction of sp³-hybridized carbons (Fsp3) is 0.286. The maximum Gasteiger partial charge on any atom is 0.257 e. The molecule has 0 aromatic heterocycles. The molecule has 1 aromatic carbocycles. The molecule has 1 aromatic rings. The van der Waals surface area contributed by atoms with E-state index in [1.165, 1.54) is 0 Å². The van der Waals surface area contributed by atoms with Gasteiger partial charge in [-0.15, -0.1) is 6.58 Å². The van der Waals surface area contributed by atoms with E-state index < -0.39 is 11.8 Å². The lowest BCUT2D eigenvalue weighted by atomic mass is 10.2. The molecule has 0 fully saturated rings. The molecule has 0 aliphatic heterocycles. The minimum absolute atomic E-state index is 0.0198. The Hall–Kier alpha value is -1.69. The summed E-state index contributed by atoms with van der Waals surface area (Å²) >= 11 is 5.72. The number of aliphatic hydroxyl groups is 1. The molecule has 2 N–H and O–H groups in total. The van der Waals surface area contributed by atoms with E-state index >= 15 is 0 Å². The molecule has 0 aliphatic carbocycles. The van der Waals surface area contributed by atoms with Crippen molar-refractivity contribution >= 4 is 23.4 Å². The van der Waals surface area contributed by atoms with Crippen molar-refractivity contribution < 1.29 is 14.7 Å². The Bertz CT molecular complexity index is 474. The predicted molar refractivity (Wildman–Crippen MR) is 77.6 cm³/mol. The Labute approximate surface area is 122 Å². The maximum atomic E-state index is 11.8. The van der Waals surface area contributed by atoms with Gasteiger partial charge >= 0.3 is 0 Å². The Kier molecular flexibility index (Phi) is 6.93. The second-order valence-electron chi connectivity index (χ2n) is 4.13. The third kappa shape index (κ3) is 5.52. The molecule has 0 bridgehead atoms. The topological polar surface area (TPSA) is 69.6 Å². The van der Waals surface area contributed by atoms with Gasteiger partial charge in [-0.1, -0.05) is 17.7 Å². The van der Waals surface area contributed by atoms with Crippen LogP contribution in [-0.4, -0.2) is 48.1 Å². The molecule has 5 nitrogen and oxygen atoms in total. The quantitative estimate of drug-likeness (QED) is 0.739. The molecule has 0 unspecified atom stereocenters. The summed E-state index contributed by atoms with van der Waals surface area (Å²) in [7, 11) is 0. The molecule has 0 spiro atoms. The van der Waals surface area contributed by atoms with Crippen molar-refractivity contribution in [3.05, 3.63) is 47.5 Å². The van der Waals surface area contributed by atoms with Crippen LogP contribution in [0.4, 0.5) is 0 Å². The van der Waals surface area contributed by atoms with Crippen LogP contribution in [0, 0.1) is 0 Å². The summed E-state index contributed by atoms with van der Waals surface area (Å²) in [6.07, 6.45) is 1.63. The first-order valence-electron chi connectivity index (χ1n) is 6.10. The molecular formula is C14H17ClN2O3. The summed E-state index contributed by atoms with van der Waals surface area (Å²) in [5.41, 5.74) is 0.361. The van der Waals surface area contributed by atoms with Gasteiger partial charge in [0.2, 0.25) is 5.91 Å². The van der Waals surface area contributed by atoms with Gasteiger partial charge < -0.3 is 5.11 Å². The number of carbonyl (C=O) groups excluding carboxylic acids is 2. The number of aliphatic hydroxyl groups excluding tert-OH is 1. The summed E-state index contributed by atoms with van der Waals surface area (Å²) < 4.78 is 0. The van der Waals surface area contributed by atoms with E-state index in [2.05, 4.69) is 11.9 Å². The number of carbonyl (C=O) groups is 2. The fourth-order valence-corrected chi connectivity index (χ4v) is 1.73. The summed E-state index contributed by atoms with van der Waals surface area (Å²) in [6, 6.07) is 6.24. The van der Waals surface area contributed by atoms with Gasteiger partial charge in [0.1, 0.15) is 0 Å². The molecular weight excluding hydrogens is 280 g/mol. The largest absolute Gasteiger partial charge is 0.395 e. The van der Waals surface area contributed by atoms with E-state index in [9.17, 15) is 9.59 Å². The first kappa shape index (κ1) is 16.4. The minimum atomic E-state index is -0.478. The highest BCUT2D eigenvalue weighted by Gasteiger charge is 2.13. The Balaban J connectivity index is 2.54. The number of rotatable bonds is 7. The van der Waals surface area contributed by atoms with Crippen LogP contribution in [0.5, 0.6) is 0 Å². The van der Waals surface area contributed by atoms with Crippen molar-refractivity contribution in [2.75, 3.05) is 26.2 Å².